The fourth-order valence-corrected chi connectivity index (χ4v) is 2.22. The standard InChI is InChI=1S/C13H17ClFN3O2/c14-11-5-9(1-2-12(11)15)17-13(19)8-18-3-4-20-10(6-16)7-18/h1-2,5,10H,3-4,6-8,16H2,(H,17,19). The van der Waals surface area contributed by atoms with Crippen LogP contribution in [0.3, 0.4) is 0 Å². The number of amides is 1. The van der Waals surface area contributed by atoms with Crippen LogP contribution in [0.1, 0.15) is 0 Å². The van der Waals surface area contributed by atoms with Crippen molar-refractivity contribution in [3.8, 4) is 0 Å². The largest absolute Gasteiger partial charge is 0.374 e. The molecule has 3 N–H and O–H groups in total. The molecule has 2 rings (SSSR count). The van der Waals surface area contributed by atoms with E-state index in [1.54, 1.807) is 0 Å². The monoisotopic (exact) mass is 301 g/mol. The van der Waals surface area contributed by atoms with Crippen LogP contribution >= 0.6 is 11.6 Å². The quantitative estimate of drug-likeness (QED) is 0.873. The molecular weight excluding hydrogens is 285 g/mol. The third-order valence-electron chi connectivity index (χ3n) is 3.06. The SMILES string of the molecule is NCC1CN(CC(=O)Nc2ccc(F)c(Cl)c2)CCO1. The number of carbonyl (C=O) groups is 1. The van der Waals surface area contributed by atoms with Crippen LogP contribution in [0.2, 0.25) is 5.02 Å². The minimum absolute atomic E-state index is 0.0163. The zero-order valence-corrected chi connectivity index (χ0v) is 11.7. The number of hydrogen-bond donors (Lipinski definition) is 2. The van der Waals surface area contributed by atoms with Gasteiger partial charge in [-0.2, -0.15) is 0 Å². The maximum Gasteiger partial charge on any atom is 0.238 e. The van der Waals surface area contributed by atoms with Gasteiger partial charge in [0.2, 0.25) is 5.91 Å². The molecule has 0 aliphatic carbocycles. The molecule has 7 heteroatoms. The number of nitrogens with two attached hydrogens (primary N) is 1. The van der Waals surface area contributed by atoms with Crippen molar-refractivity contribution in [1.29, 1.82) is 0 Å². The van der Waals surface area contributed by atoms with E-state index >= 15 is 0 Å². The molecule has 1 atom stereocenters. The molecule has 0 aromatic heterocycles. The Morgan fingerprint density at radius 3 is 3.10 bits per heavy atom. The van der Waals surface area contributed by atoms with Gasteiger partial charge in [0.25, 0.3) is 0 Å². The Labute approximate surface area is 121 Å². The number of anilines is 1. The minimum Gasteiger partial charge on any atom is -0.374 e. The molecule has 110 valence electrons. The molecule has 1 unspecified atom stereocenters. The lowest BCUT2D eigenvalue weighted by Gasteiger charge is -2.31. The van der Waals surface area contributed by atoms with E-state index < -0.39 is 5.82 Å². The van der Waals surface area contributed by atoms with E-state index in [-0.39, 0.29) is 23.6 Å². The number of hydrogen-bond acceptors (Lipinski definition) is 4. The maximum atomic E-state index is 13.0. The smallest absolute Gasteiger partial charge is 0.238 e. The number of morpholine rings is 1. The van der Waals surface area contributed by atoms with E-state index in [4.69, 9.17) is 22.1 Å². The Balaban J connectivity index is 1.87. The molecular formula is C13H17ClFN3O2. The van der Waals surface area contributed by atoms with E-state index in [1.165, 1.54) is 18.2 Å². The Bertz CT molecular complexity index is 487. The highest BCUT2D eigenvalue weighted by Gasteiger charge is 2.21. The number of benzene rings is 1. The summed E-state index contributed by atoms with van der Waals surface area (Å²) in [5.41, 5.74) is 6.03. The number of ether oxygens (including phenoxy) is 1. The van der Waals surface area contributed by atoms with Crippen molar-refractivity contribution in [1.82, 2.24) is 4.90 Å². The van der Waals surface area contributed by atoms with Gasteiger partial charge in [-0.05, 0) is 18.2 Å². The van der Waals surface area contributed by atoms with Gasteiger partial charge in [-0.25, -0.2) is 4.39 Å². The third-order valence-corrected chi connectivity index (χ3v) is 3.35. The van der Waals surface area contributed by atoms with Gasteiger partial charge >= 0.3 is 0 Å². The van der Waals surface area contributed by atoms with E-state index in [0.29, 0.717) is 31.9 Å². The molecule has 0 spiro atoms. The molecule has 0 bridgehead atoms. The first-order valence-electron chi connectivity index (χ1n) is 6.37. The van der Waals surface area contributed by atoms with Gasteiger partial charge in [-0.1, -0.05) is 11.6 Å². The van der Waals surface area contributed by atoms with Gasteiger partial charge in [-0.15, -0.1) is 0 Å². The Kier molecular flexibility index (Phi) is 5.31. The summed E-state index contributed by atoms with van der Waals surface area (Å²) in [6.45, 7) is 2.57. The Morgan fingerprint density at radius 1 is 1.60 bits per heavy atom. The van der Waals surface area contributed by atoms with Gasteiger partial charge < -0.3 is 15.8 Å². The number of rotatable bonds is 4. The molecule has 1 saturated heterocycles. The zero-order valence-electron chi connectivity index (χ0n) is 10.9. The lowest BCUT2D eigenvalue weighted by Crippen LogP contribution is -2.48. The summed E-state index contributed by atoms with van der Waals surface area (Å²) in [6.07, 6.45) is -0.0307. The van der Waals surface area contributed by atoms with Crippen molar-refractivity contribution < 1.29 is 13.9 Å². The highest BCUT2D eigenvalue weighted by molar-refractivity contribution is 6.31. The first kappa shape index (κ1) is 15.2. The minimum atomic E-state index is -0.511. The van der Waals surface area contributed by atoms with Crippen molar-refractivity contribution in [2.45, 2.75) is 6.10 Å². The molecule has 1 aromatic rings. The number of carbonyl (C=O) groups excluding carboxylic acids is 1. The fraction of sp³-hybridized carbons (Fsp3) is 0.462. The van der Waals surface area contributed by atoms with Crippen LogP contribution in [-0.2, 0) is 9.53 Å². The second kappa shape index (κ2) is 6.99. The second-order valence-corrected chi connectivity index (χ2v) is 5.05. The molecule has 1 fully saturated rings. The van der Waals surface area contributed by atoms with Crippen molar-refractivity contribution in [3.05, 3.63) is 29.0 Å². The summed E-state index contributed by atoms with van der Waals surface area (Å²) < 4.78 is 18.4. The van der Waals surface area contributed by atoms with Crippen molar-refractivity contribution >= 4 is 23.2 Å². The first-order valence-corrected chi connectivity index (χ1v) is 6.75. The van der Waals surface area contributed by atoms with E-state index in [1.807, 2.05) is 4.90 Å². The Morgan fingerprint density at radius 2 is 2.40 bits per heavy atom. The van der Waals surface area contributed by atoms with Crippen molar-refractivity contribution in [2.75, 3.05) is 38.1 Å². The van der Waals surface area contributed by atoms with Crippen LogP contribution in [0.25, 0.3) is 0 Å². The lowest BCUT2D eigenvalue weighted by atomic mass is 10.2. The molecule has 0 radical (unpaired) electrons. The van der Waals surface area contributed by atoms with Gasteiger partial charge in [0.15, 0.2) is 0 Å². The number of nitrogens with zero attached hydrogens (tertiary/aromatic N) is 1. The average molecular weight is 302 g/mol. The summed E-state index contributed by atoms with van der Waals surface area (Å²) in [4.78, 5) is 13.9. The molecule has 1 aromatic carbocycles. The predicted molar refractivity (Wildman–Crippen MR) is 75.3 cm³/mol. The zero-order chi connectivity index (χ0) is 14.5. The molecule has 5 nitrogen and oxygen atoms in total. The van der Waals surface area contributed by atoms with E-state index in [9.17, 15) is 9.18 Å². The maximum absolute atomic E-state index is 13.0. The topological polar surface area (TPSA) is 67.6 Å². The predicted octanol–water partition coefficient (Wildman–Crippen LogP) is 1.08. The van der Waals surface area contributed by atoms with Gasteiger partial charge in [-0.3, -0.25) is 9.69 Å². The van der Waals surface area contributed by atoms with Crippen LogP contribution in [0.15, 0.2) is 18.2 Å². The van der Waals surface area contributed by atoms with Gasteiger partial charge in [0.1, 0.15) is 5.82 Å². The molecule has 1 amide bonds. The molecule has 0 saturated carbocycles. The Hall–Kier alpha value is -1.21. The summed E-state index contributed by atoms with van der Waals surface area (Å²) in [5.74, 6) is -0.686. The van der Waals surface area contributed by atoms with Crippen LogP contribution in [0.4, 0.5) is 10.1 Å². The van der Waals surface area contributed by atoms with Crippen LogP contribution in [0.5, 0.6) is 0 Å². The van der Waals surface area contributed by atoms with Crippen molar-refractivity contribution in [2.24, 2.45) is 5.73 Å². The van der Waals surface area contributed by atoms with Crippen LogP contribution < -0.4 is 11.1 Å². The van der Waals surface area contributed by atoms with E-state index in [0.717, 1.165) is 0 Å². The fourth-order valence-electron chi connectivity index (χ4n) is 2.04. The normalized spacial score (nSPS) is 19.9. The molecule has 1 aliphatic heterocycles. The second-order valence-electron chi connectivity index (χ2n) is 4.64. The first-order chi connectivity index (χ1) is 9.58. The van der Waals surface area contributed by atoms with Gasteiger partial charge in [0, 0.05) is 25.3 Å². The van der Waals surface area contributed by atoms with Crippen LogP contribution in [-0.4, -0.2) is 49.7 Å². The van der Waals surface area contributed by atoms with Crippen molar-refractivity contribution in [3.63, 3.8) is 0 Å². The lowest BCUT2D eigenvalue weighted by molar-refractivity contribution is -0.119. The number of nitrogens with one attached hydrogen (secondary N) is 1. The molecule has 1 heterocycles. The van der Waals surface area contributed by atoms with Gasteiger partial charge in [0.05, 0.1) is 24.3 Å². The summed E-state index contributed by atoms with van der Waals surface area (Å²) in [6, 6.07) is 4.08. The summed E-state index contributed by atoms with van der Waals surface area (Å²) in [5, 5.41) is 2.67. The summed E-state index contributed by atoms with van der Waals surface area (Å²) >= 11 is 5.66. The number of halogens is 2. The summed E-state index contributed by atoms with van der Waals surface area (Å²) in [7, 11) is 0. The van der Waals surface area contributed by atoms with Crippen LogP contribution in [0, 0.1) is 5.82 Å². The third kappa shape index (κ3) is 4.14. The average Bonchev–Trinajstić information content (AvgIpc) is 2.43. The highest BCUT2D eigenvalue weighted by Crippen LogP contribution is 2.19. The molecule has 1 aliphatic rings. The highest BCUT2D eigenvalue weighted by atomic mass is 35.5. The van der Waals surface area contributed by atoms with E-state index in [2.05, 4.69) is 5.32 Å². The molecule has 20 heavy (non-hydrogen) atoms.